The highest BCUT2D eigenvalue weighted by atomic mass is 16.6. The van der Waals surface area contributed by atoms with Crippen molar-refractivity contribution in [3.8, 4) is 5.75 Å². The van der Waals surface area contributed by atoms with Gasteiger partial charge in [-0.05, 0) is 25.0 Å². The van der Waals surface area contributed by atoms with E-state index in [0.29, 0.717) is 13.0 Å². The van der Waals surface area contributed by atoms with E-state index in [1.54, 1.807) is 7.11 Å². The molecule has 1 aromatic carbocycles. The van der Waals surface area contributed by atoms with Gasteiger partial charge in [0.05, 0.1) is 18.9 Å². The zero-order chi connectivity index (χ0) is 15.4. The molecule has 2 aliphatic heterocycles. The van der Waals surface area contributed by atoms with Crippen molar-refractivity contribution in [3.05, 3.63) is 29.8 Å². The maximum atomic E-state index is 12.1. The normalized spacial score (nSPS) is 23.8. The first kappa shape index (κ1) is 14.8. The van der Waals surface area contributed by atoms with Crippen molar-refractivity contribution in [1.82, 2.24) is 5.32 Å². The van der Waals surface area contributed by atoms with Crippen LogP contribution in [0.1, 0.15) is 24.8 Å². The molecule has 2 heterocycles. The summed E-state index contributed by atoms with van der Waals surface area (Å²) < 4.78 is 10.7. The van der Waals surface area contributed by atoms with Crippen molar-refractivity contribution in [2.24, 2.45) is 5.16 Å². The molecule has 6 nitrogen and oxygen atoms in total. The van der Waals surface area contributed by atoms with Gasteiger partial charge in [-0.1, -0.05) is 17.3 Å². The number of rotatable bonds is 5. The predicted molar refractivity (Wildman–Crippen MR) is 81.0 cm³/mol. The molecule has 118 valence electrons. The monoisotopic (exact) mass is 304 g/mol. The number of methoxy groups -OCH3 is 1. The van der Waals surface area contributed by atoms with Gasteiger partial charge < -0.3 is 19.6 Å². The third kappa shape index (κ3) is 3.39. The first-order valence-corrected chi connectivity index (χ1v) is 7.52. The zero-order valence-electron chi connectivity index (χ0n) is 12.6. The van der Waals surface area contributed by atoms with Gasteiger partial charge in [-0.15, -0.1) is 0 Å². The van der Waals surface area contributed by atoms with Crippen LogP contribution in [-0.4, -0.2) is 44.1 Å². The minimum absolute atomic E-state index is 0.129. The highest BCUT2D eigenvalue weighted by Gasteiger charge is 2.29. The molecule has 1 saturated heterocycles. The maximum absolute atomic E-state index is 12.1. The van der Waals surface area contributed by atoms with E-state index in [1.807, 2.05) is 24.3 Å². The van der Waals surface area contributed by atoms with Crippen molar-refractivity contribution in [3.63, 3.8) is 0 Å². The van der Waals surface area contributed by atoms with Gasteiger partial charge >= 0.3 is 0 Å². The topological polar surface area (TPSA) is 69.2 Å². The van der Waals surface area contributed by atoms with Crippen LogP contribution in [0.25, 0.3) is 0 Å². The third-order valence-electron chi connectivity index (χ3n) is 3.89. The summed E-state index contributed by atoms with van der Waals surface area (Å²) in [4.78, 5) is 17.4. The molecule has 1 fully saturated rings. The third-order valence-corrected chi connectivity index (χ3v) is 3.89. The first-order chi connectivity index (χ1) is 10.8. The number of carbonyl (C=O) groups is 1. The number of nitrogens with zero attached hydrogens (tertiary/aromatic N) is 1. The van der Waals surface area contributed by atoms with Crippen LogP contribution in [0, 0.1) is 0 Å². The number of hydrogen-bond acceptors (Lipinski definition) is 5. The summed E-state index contributed by atoms with van der Waals surface area (Å²) in [6.07, 6.45) is 2.08. The Morgan fingerprint density at radius 2 is 2.41 bits per heavy atom. The molecule has 0 aromatic heterocycles. The molecule has 6 heteroatoms. The van der Waals surface area contributed by atoms with Crippen molar-refractivity contribution in [1.29, 1.82) is 0 Å². The number of nitrogens with one attached hydrogen (secondary N) is 1. The van der Waals surface area contributed by atoms with Gasteiger partial charge in [0.15, 0.2) is 0 Å². The van der Waals surface area contributed by atoms with Crippen molar-refractivity contribution in [2.45, 2.75) is 31.5 Å². The SMILES string of the molecule is COc1cccc(C2=NO[C@H](C(=O)NC[C@@H]3CCCO3)C2)c1. The maximum Gasteiger partial charge on any atom is 0.264 e. The Hall–Kier alpha value is -2.08. The second-order valence-electron chi connectivity index (χ2n) is 5.45. The van der Waals surface area contributed by atoms with Crippen LogP contribution in [0.15, 0.2) is 29.4 Å². The van der Waals surface area contributed by atoms with Crippen molar-refractivity contribution >= 4 is 11.6 Å². The van der Waals surface area contributed by atoms with Crippen LogP contribution < -0.4 is 10.1 Å². The van der Waals surface area contributed by atoms with Gasteiger partial charge in [-0.3, -0.25) is 4.79 Å². The number of hydrogen-bond donors (Lipinski definition) is 1. The second-order valence-corrected chi connectivity index (χ2v) is 5.45. The Kier molecular flexibility index (Phi) is 4.58. The molecule has 1 aromatic rings. The van der Waals surface area contributed by atoms with E-state index in [-0.39, 0.29) is 12.0 Å². The highest BCUT2D eigenvalue weighted by Crippen LogP contribution is 2.20. The Morgan fingerprint density at radius 3 is 3.18 bits per heavy atom. The molecule has 2 aliphatic rings. The number of benzene rings is 1. The van der Waals surface area contributed by atoms with Gasteiger partial charge in [-0.2, -0.15) is 0 Å². The lowest BCUT2D eigenvalue weighted by Crippen LogP contribution is -2.39. The second kappa shape index (κ2) is 6.79. The Balaban J connectivity index is 1.53. The first-order valence-electron chi connectivity index (χ1n) is 7.52. The molecular weight excluding hydrogens is 284 g/mol. The average Bonchev–Trinajstić information content (AvgIpc) is 3.24. The molecule has 3 rings (SSSR count). The van der Waals surface area contributed by atoms with E-state index >= 15 is 0 Å². The van der Waals surface area contributed by atoms with E-state index in [0.717, 1.165) is 36.5 Å². The summed E-state index contributed by atoms with van der Waals surface area (Å²) in [5.74, 6) is 0.614. The van der Waals surface area contributed by atoms with Gasteiger partial charge in [0.2, 0.25) is 6.10 Å². The van der Waals surface area contributed by atoms with Crippen LogP contribution in [0.2, 0.25) is 0 Å². The summed E-state index contributed by atoms with van der Waals surface area (Å²) >= 11 is 0. The van der Waals surface area contributed by atoms with E-state index in [9.17, 15) is 4.79 Å². The molecule has 0 aliphatic carbocycles. The van der Waals surface area contributed by atoms with E-state index < -0.39 is 6.10 Å². The molecule has 0 saturated carbocycles. The molecule has 2 atom stereocenters. The zero-order valence-corrected chi connectivity index (χ0v) is 12.6. The van der Waals surface area contributed by atoms with Gasteiger partial charge in [-0.25, -0.2) is 0 Å². The van der Waals surface area contributed by atoms with Crippen LogP contribution in [0.3, 0.4) is 0 Å². The minimum Gasteiger partial charge on any atom is -0.497 e. The molecule has 1 N–H and O–H groups in total. The lowest BCUT2D eigenvalue weighted by Gasteiger charge is -2.13. The molecule has 0 bridgehead atoms. The number of amides is 1. The number of ether oxygens (including phenoxy) is 2. The number of oxime groups is 1. The van der Waals surface area contributed by atoms with Crippen LogP contribution in [-0.2, 0) is 14.4 Å². The van der Waals surface area contributed by atoms with Crippen molar-refractivity contribution < 1.29 is 19.1 Å². The van der Waals surface area contributed by atoms with Gasteiger partial charge in [0.1, 0.15) is 5.75 Å². The standard InChI is InChI=1S/C16H20N2O4/c1-20-12-5-2-4-11(8-12)14-9-15(22-18-14)16(19)17-10-13-6-3-7-21-13/h2,4-5,8,13,15H,3,6-7,9-10H2,1H3,(H,17,19)/t13-,15-/m0/s1. The molecule has 0 spiro atoms. The van der Waals surface area contributed by atoms with E-state index in [4.69, 9.17) is 14.3 Å². The largest absolute Gasteiger partial charge is 0.497 e. The molecule has 22 heavy (non-hydrogen) atoms. The lowest BCUT2D eigenvalue weighted by molar-refractivity contribution is -0.131. The van der Waals surface area contributed by atoms with Gasteiger partial charge in [0, 0.05) is 25.1 Å². The molecule has 1 amide bonds. The summed E-state index contributed by atoms with van der Waals surface area (Å²) in [6.45, 7) is 1.32. The molecule has 0 radical (unpaired) electrons. The van der Waals surface area contributed by atoms with Crippen molar-refractivity contribution in [2.75, 3.05) is 20.3 Å². The van der Waals surface area contributed by atoms with Gasteiger partial charge in [0.25, 0.3) is 5.91 Å². The van der Waals surface area contributed by atoms with E-state index in [1.165, 1.54) is 0 Å². The summed E-state index contributed by atoms with van der Waals surface area (Å²) in [7, 11) is 1.62. The number of carbonyl (C=O) groups excluding carboxylic acids is 1. The minimum atomic E-state index is -0.567. The molecule has 0 unspecified atom stereocenters. The summed E-state index contributed by atoms with van der Waals surface area (Å²) in [6, 6.07) is 7.57. The Morgan fingerprint density at radius 1 is 1.50 bits per heavy atom. The quantitative estimate of drug-likeness (QED) is 0.894. The fourth-order valence-electron chi connectivity index (χ4n) is 2.62. The summed E-state index contributed by atoms with van der Waals surface area (Å²) in [5.41, 5.74) is 1.67. The van der Waals surface area contributed by atoms with Crippen LogP contribution in [0.5, 0.6) is 5.75 Å². The fourth-order valence-corrected chi connectivity index (χ4v) is 2.62. The van der Waals surface area contributed by atoms with Crippen LogP contribution in [0.4, 0.5) is 0 Å². The predicted octanol–water partition coefficient (Wildman–Crippen LogP) is 1.48. The van der Waals surface area contributed by atoms with E-state index in [2.05, 4.69) is 10.5 Å². The lowest BCUT2D eigenvalue weighted by atomic mass is 10.0. The molecular formula is C16H20N2O4. The fraction of sp³-hybridized carbons (Fsp3) is 0.500. The average molecular weight is 304 g/mol. The highest BCUT2D eigenvalue weighted by molar-refractivity contribution is 6.04. The van der Waals surface area contributed by atoms with Crippen LogP contribution >= 0.6 is 0 Å². The Labute approximate surface area is 129 Å². The smallest absolute Gasteiger partial charge is 0.264 e. The summed E-state index contributed by atoms with van der Waals surface area (Å²) in [5, 5.41) is 6.91. The Bertz CT molecular complexity index is 567.